The molecule has 0 saturated carbocycles. The van der Waals surface area contributed by atoms with Crippen molar-refractivity contribution < 1.29 is 9.53 Å². The van der Waals surface area contributed by atoms with Gasteiger partial charge in [-0.15, -0.1) is 11.3 Å². The highest BCUT2D eigenvalue weighted by atomic mass is 32.1. The summed E-state index contributed by atoms with van der Waals surface area (Å²) in [5, 5.41) is 0. The molecule has 0 aliphatic carbocycles. The van der Waals surface area contributed by atoms with Crippen molar-refractivity contribution in [2.24, 2.45) is 5.73 Å². The third-order valence-electron chi connectivity index (χ3n) is 2.96. The van der Waals surface area contributed by atoms with Gasteiger partial charge in [-0.2, -0.15) is 0 Å². The van der Waals surface area contributed by atoms with Crippen LogP contribution in [0.5, 0.6) is 0 Å². The molecule has 0 radical (unpaired) electrons. The van der Waals surface area contributed by atoms with E-state index in [4.69, 9.17) is 10.5 Å². The summed E-state index contributed by atoms with van der Waals surface area (Å²) in [7, 11) is 0. The highest BCUT2D eigenvalue weighted by Crippen LogP contribution is 2.23. The first-order valence-electron chi connectivity index (χ1n) is 6.32. The number of nitrogens with two attached hydrogens (primary N) is 1. The molecule has 1 amide bonds. The van der Waals surface area contributed by atoms with Gasteiger partial charge in [0.15, 0.2) is 0 Å². The highest BCUT2D eigenvalue weighted by molar-refractivity contribution is 7.14. The minimum absolute atomic E-state index is 0.0732. The first-order chi connectivity index (χ1) is 9.11. The molecule has 2 rings (SSSR count). The largest absolute Gasteiger partial charge is 0.375 e. The number of carbonyl (C=O) groups is 1. The topological polar surface area (TPSA) is 55.6 Å². The number of thiophene rings is 1. The predicted octanol–water partition coefficient (Wildman–Crippen LogP) is 1.23. The van der Waals surface area contributed by atoms with E-state index in [1.165, 1.54) is 11.3 Å². The van der Waals surface area contributed by atoms with Gasteiger partial charge in [0.2, 0.25) is 0 Å². The fraction of sp³-hybridized carbons (Fsp3) is 0.500. The SMILES string of the molecule is Cc1cc(C(=O)N2CCOC(C)C2)sc1C#CCN. The Morgan fingerprint density at radius 3 is 3.16 bits per heavy atom. The van der Waals surface area contributed by atoms with Crippen LogP contribution in [0.4, 0.5) is 0 Å². The number of nitrogens with zero attached hydrogens (tertiary/aromatic N) is 1. The molecule has 1 aromatic heterocycles. The number of hydrogen-bond donors (Lipinski definition) is 1. The van der Waals surface area contributed by atoms with Crippen molar-refractivity contribution >= 4 is 17.2 Å². The van der Waals surface area contributed by atoms with Gasteiger partial charge >= 0.3 is 0 Å². The first-order valence-corrected chi connectivity index (χ1v) is 7.13. The summed E-state index contributed by atoms with van der Waals surface area (Å²) in [6.07, 6.45) is 0.107. The summed E-state index contributed by atoms with van der Waals surface area (Å²) in [5.41, 5.74) is 6.40. The van der Waals surface area contributed by atoms with Crippen molar-refractivity contribution in [3.8, 4) is 11.8 Å². The zero-order valence-electron chi connectivity index (χ0n) is 11.2. The summed E-state index contributed by atoms with van der Waals surface area (Å²) in [6, 6.07) is 1.91. The molecule has 2 heterocycles. The van der Waals surface area contributed by atoms with Crippen molar-refractivity contribution in [3.05, 3.63) is 21.4 Å². The fourth-order valence-electron chi connectivity index (χ4n) is 2.00. The van der Waals surface area contributed by atoms with Crippen molar-refractivity contribution in [1.29, 1.82) is 0 Å². The Labute approximate surface area is 117 Å². The van der Waals surface area contributed by atoms with E-state index in [2.05, 4.69) is 11.8 Å². The van der Waals surface area contributed by atoms with Crippen molar-refractivity contribution in [2.75, 3.05) is 26.2 Å². The summed E-state index contributed by atoms with van der Waals surface area (Å²) >= 11 is 1.44. The molecule has 1 aliphatic heterocycles. The molecule has 19 heavy (non-hydrogen) atoms. The van der Waals surface area contributed by atoms with Gasteiger partial charge in [0.05, 0.1) is 29.0 Å². The quantitative estimate of drug-likeness (QED) is 0.786. The highest BCUT2D eigenvalue weighted by Gasteiger charge is 2.24. The molecule has 102 valence electrons. The summed E-state index contributed by atoms with van der Waals surface area (Å²) in [6.45, 7) is 6.20. The Balaban J connectivity index is 2.15. The average Bonchev–Trinajstić information content (AvgIpc) is 2.77. The molecule has 1 aliphatic rings. The van der Waals surface area contributed by atoms with Gasteiger partial charge in [-0.3, -0.25) is 4.79 Å². The molecule has 2 N–H and O–H groups in total. The van der Waals surface area contributed by atoms with Crippen LogP contribution >= 0.6 is 11.3 Å². The second-order valence-corrected chi connectivity index (χ2v) is 5.61. The fourth-order valence-corrected chi connectivity index (χ4v) is 3.02. The van der Waals surface area contributed by atoms with Crippen molar-refractivity contribution in [2.45, 2.75) is 20.0 Å². The lowest BCUT2D eigenvalue weighted by atomic mass is 10.2. The Hall–Kier alpha value is -1.35. The van der Waals surface area contributed by atoms with Crippen LogP contribution in [0.15, 0.2) is 6.07 Å². The predicted molar refractivity (Wildman–Crippen MR) is 76.3 cm³/mol. The maximum atomic E-state index is 12.4. The molecule has 1 saturated heterocycles. The first kappa shape index (κ1) is 14.1. The van der Waals surface area contributed by atoms with E-state index in [1.807, 2.05) is 24.8 Å². The molecular formula is C14H18N2O2S. The molecule has 0 aromatic carbocycles. The third kappa shape index (κ3) is 3.35. The number of hydrogen-bond acceptors (Lipinski definition) is 4. The van der Waals surface area contributed by atoms with E-state index in [-0.39, 0.29) is 12.0 Å². The minimum Gasteiger partial charge on any atom is -0.375 e. The van der Waals surface area contributed by atoms with E-state index in [9.17, 15) is 4.79 Å². The Morgan fingerprint density at radius 1 is 1.68 bits per heavy atom. The average molecular weight is 278 g/mol. The molecule has 1 aromatic rings. The van der Waals surface area contributed by atoms with Crippen LogP contribution in [-0.2, 0) is 4.74 Å². The van der Waals surface area contributed by atoms with Gasteiger partial charge in [0.1, 0.15) is 0 Å². The van der Waals surface area contributed by atoms with Crippen LogP contribution in [-0.4, -0.2) is 43.2 Å². The molecule has 0 spiro atoms. The minimum atomic E-state index is 0.0732. The van der Waals surface area contributed by atoms with Crippen LogP contribution in [0, 0.1) is 18.8 Å². The van der Waals surface area contributed by atoms with Crippen LogP contribution < -0.4 is 5.73 Å². The zero-order valence-corrected chi connectivity index (χ0v) is 12.0. The number of rotatable bonds is 1. The number of amides is 1. The van der Waals surface area contributed by atoms with Gasteiger partial charge in [0, 0.05) is 13.1 Å². The van der Waals surface area contributed by atoms with Gasteiger partial charge < -0.3 is 15.4 Å². The van der Waals surface area contributed by atoms with E-state index in [1.54, 1.807) is 0 Å². The normalized spacial score (nSPS) is 18.9. The van der Waals surface area contributed by atoms with Crippen molar-refractivity contribution in [3.63, 3.8) is 0 Å². The van der Waals surface area contributed by atoms with Gasteiger partial charge in [-0.05, 0) is 25.5 Å². The molecular weight excluding hydrogens is 260 g/mol. The standard InChI is InChI=1S/C14H18N2O2S/c1-10-8-13(19-12(10)4-3-5-15)14(17)16-6-7-18-11(2)9-16/h8,11H,5-7,9,15H2,1-2H3. The summed E-state index contributed by atoms with van der Waals surface area (Å²) < 4.78 is 5.45. The second-order valence-electron chi connectivity index (χ2n) is 4.56. The van der Waals surface area contributed by atoms with Gasteiger partial charge in [-0.25, -0.2) is 0 Å². The number of morpholine rings is 1. The van der Waals surface area contributed by atoms with Crippen LogP contribution in [0.2, 0.25) is 0 Å². The van der Waals surface area contributed by atoms with Crippen LogP contribution in [0.3, 0.4) is 0 Å². The Kier molecular flexibility index (Phi) is 4.59. The Bertz CT molecular complexity index is 527. The third-order valence-corrected chi connectivity index (χ3v) is 4.10. The molecule has 1 fully saturated rings. The van der Waals surface area contributed by atoms with Crippen molar-refractivity contribution in [1.82, 2.24) is 4.90 Å². The second kappa shape index (κ2) is 6.20. The molecule has 1 atom stereocenters. The van der Waals surface area contributed by atoms with E-state index in [0.717, 1.165) is 15.3 Å². The maximum Gasteiger partial charge on any atom is 0.264 e. The summed E-state index contributed by atoms with van der Waals surface area (Å²) in [4.78, 5) is 15.9. The lowest BCUT2D eigenvalue weighted by Crippen LogP contribution is -2.44. The molecule has 5 heteroatoms. The van der Waals surface area contributed by atoms with Gasteiger partial charge in [0.25, 0.3) is 5.91 Å². The summed E-state index contributed by atoms with van der Waals surface area (Å²) in [5.74, 6) is 5.91. The van der Waals surface area contributed by atoms with E-state index >= 15 is 0 Å². The Morgan fingerprint density at radius 2 is 2.47 bits per heavy atom. The van der Waals surface area contributed by atoms with Crippen LogP contribution in [0.1, 0.15) is 27.0 Å². The monoisotopic (exact) mass is 278 g/mol. The molecule has 1 unspecified atom stereocenters. The van der Waals surface area contributed by atoms with E-state index < -0.39 is 0 Å². The lowest BCUT2D eigenvalue weighted by molar-refractivity contribution is -0.0122. The zero-order chi connectivity index (χ0) is 13.8. The molecule has 0 bridgehead atoms. The molecule has 4 nitrogen and oxygen atoms in total. The maximum absolute atomic E-state index is 12.4. The number of ether oxygens (including phenoxy) is 1. The lowest BCUT2D eigenvalue weighted by Gasteiger charge is -2.30. The van der Waals surface area contributed by atoms with Crippen LogP contribution in [0.25, 0.3) is 0 Å². The smallest absolute Gasteiger partial charge is 0.264 e. The van der Waals surface area contributed by atoms with E-state index in [0.29, 0.717) is 26.2 Å². The number of carbonyl (C=O) groups excluding carboxylic acids is 1. The van der Waals surface area contributed by atoms with Gasteiger partial charge in [-0.1, -0.05) is 11.8 Å². The number of aryl methyl sites for hydroxylation is 1.